The molecular weight excluding hydrogens is 176 g/mol. The largest absolute Gasteiger partial charge is 0.457 e. The highest BCUT2D eigenvalue weighted by molar-refractivity contribution is 5.86. The van der Waals surface area contributed by atoms with Crippen molar-refractivity contribution in [1.82, 2.24) is 0 Å². The number of hydrogen-bond acceptors (Lipinski definition) is 2. The van der Waals surface area contributed by atoms with Crippen LogP contribution in [0.3, 0.4) is 0 Å². The zero-order valence-electron chi connectivity index (χ0n) is 7.36. The summed E-state index contributed by atoms with van der Waals surface area (Å²) in [6, 6.07) is 12.0. The van der Waals surface area contributed by atoms with Crippen LogP contribution in [0.15, 0.2) is 42.7 Å². The van der Waals surface area contributed by atoms with E-state index in [2.05, 4.69) is 6.26 Å². The van der Waals surface area contributed by atoms with Crippen molar-refractivity contribution in [2.24, 2.45) is 0 Å². The van der Waals surface area contributed by atoms with E-state index in [1.54, 1.807) is 0 Å². The molecule has 1 heterocycles. The van der Waals surface area contributed by atoms with E-state index in [9.17, 15) is 0 Å². The molecule has 3 rings (SSSR count). The molecule has 0 spiro atoms. The third-order valence-electron chi connectivity index (χ3n) is 2.21. The highest BCUT2D eigenvalue weighted by Gasteiger charge is 2.09. The Morgan fingerprint density at radius 1 is 0.929 bits per heavy atom. The van der Waals surface area contributed by atoms with Crippen molar-refractivity contribution < 1.29 is 9.47 Å². The van der Waals surface area contributed by atoms with Gasteiger partial charge in [0.25, 0.3) is 0 Å². The van der Waals surface area contributed by atoms with Crippen LogP contribution in [-0.2, 0) is 0 Å². The zero-order valence-corrected chi connectivity index (χ0v) is 7.36. The van der Waals surface area contributed by atoms with E-state index in [0.717, 1.165) is 16.5 Å². The smallest absolute Gasteiger partial charge is 0.208 e. The lowest BCUT2D eigenvalue weighted by atomic mass is 10.1. The zero-order chi connectivity index (χ0) is 9.38. The van der Waals surface area contributed by atoms with Crippen LogP contribution in [0.2, 0.25) is 0 Å². The van der Waals surface area contributed by atoms with Crippen molar-refractivity contribution in [3.63, 3.8) is 0 Å². The maximum absolute atomic E-state index is 5.27. The van der Waals surface area contributed by atoms with E-state index in [4.69, 9.17) is 9.47 Å². The first kappa shape index (κ1) is 7.44. The number of rotatable bonds is 0. The fraction of sp³-hybridized carbons (Fsp3) is 0. The van der Waals surface area contributed by atoms with Crippen LogP contribution in [0.1, 0.15) is 0 Å². The molecular formula is C12H7O2. The van der Waals surface area contributed by atoms with Gasteiger partial charge in [0.15, 0.2) is 11.5 Å². The third kappa shape index (κ3) is 1.04. The Hall–Kier alpha value is -1.96. The molecule has 2 heteroatoms. The maximum atomic E-state index is 5.27. The molecule has 0 saturated carbocycles. The Kier molecular flexibility index (Phi) is 1.47. The summed E-state index contributed by atoms with van der Waals surface area (Å²) >= 11 is 0. The van der Waals surface area contributed by atoms with Gasteiger partial charge in [-0.3, -0.25) is 0 Å². The second kappa shape index (κ2) is 2.77. The predicted octanol–water partition coefficient (Wildman–Crippen LogP) is 2.89. The summed E-state index contributed by atoms with van der Waals surface area (Å²) in [4.78, 5) is 0. The monoisotopic (exact) mass is 183 g/mol. The van der Waals surface area contributed by atoms with Gasteiger partial charge in [0.2, 0.25) is 6.26 Å². The molecule has 2 aromatic rings. The average Bonchev–Trinajstić information content (AvgIpc) is 2.26. The number of benzene rings is 2. The number of hydrogen-bond donors (Lipinski definition) is 0. The summed E-state index contributed by atoms with van der Waals surface area (Å²) in [6.45, 7) is 0. The van der Waals surface area contributed by atoms with Gasteiger partial charge in [-0.05, 0) is 22.9 Å². The minimum Gasteiger partial charge on any atom is -0.457 e. The summed E-state index contributed by atoms with van der Waals surface area (Å²) in [5, 5.41) is 2.28. The second-order valence-corrected chi connectivity index (χ2v) is 3.10. The average molecular weight is 183 g/mol. The molecule has 1 aliphatic rings. The summed E-state index contributed by atoms with van der Waals surface area (Å²) in [7, 11) is 0. The molecule has 0 fully saturated rings. The van der Waals surface area contributed by atoms with Crippen molar-refractivity contribution in [2.75, 3.05) is 0 Å². The van der Waals surface area contributed by atoms with Crippen molar-refractivity contribution in [1.29, 1.82) is 0 Å². The van der Waals surface area contributed by atoms with E-state index < -0.39 is 0 Å². The molecule has 0 saturated heterocycles. The van der Waals surface area contributed by atoms with Crippen LogP contribution in [0, 0.1) is 6.26 Å². The Bertz CT molecular complexity index is 468. The van der Waals surface area contributed by atoms with Gasteiger partial charge in [-0.2, -0.15) is 0 Å². The van der Waals surface area contributed by atoms with E-state index in [1.165, 1.54) is 6.26 Å². The molecule has 0 unspecified atom stereocenters. The van der Waals surface area contributed by atoms with Crippen LogP contribution in [0.4, 0.5) is 0 Å². The summed E-state index contributed by atoms with van der Waals surface area (Å²) in [6.07, 6.45) is 3.97. The first-order chi connectivity index (χ1) is 6.93. The highest BCUT2D eigenvalue weighted by Crippen LogP contribution is 2.34. The number of ether oxygens (including phenoxy) is 2. The van der Waals surface area contributed by atoms with E-state index in [0.29, 0.717) is 5.75 Å². The molecule has 0 aliphatic carbocycles. The number of fused-ring (bicyclic) bond motifs is 2. The van der Waals surface area contributed by atoms with Gasteiger partial charge in [0.05, 0.1) is 0 Å². The van der Waals surface area contributed by atoms with E-state index >= 15 is 0 Å². The van der Waals surface area contributed by atoms with Gasteiger partial charge in [0, 0.05) is 0 Å². The second-order valence-electron chi connectivity index (χ2n) is 3.10. The normalized spacial score (nSPS) is 13.1. The molecule has 1 radical (unpaired) electrons. The molecule has 2 nitrogen and oxygen atoms in total. The Balaban J connectivity index is 2.30. The molecule has 1 aliphatic heterocycles. The van der Waals surface area contributed by atoms with Crippen LogP contribution >= 0.6 is 0 Å². The topological polar surface area (TPSA) is 18.5 Å². The van der Waals surface area contributed by atoms with Crippen molar-refractivity contribution >= 4 is 10.8 Å². The lowest BCUT2D eigenvalue weighted by molar-refractivity contribution is 0.344. The van der Waals surface area contributed by atoms with Gasteiger partial charge >= 0.3 is 0 Å². The van der Waals surface area contributed by atoms with Gasteiger partial charge < -0.3 is 9.47 Å². The summed E-state index contributed by atoms with van der Waals surface area (Å²) < 4.78 is 10.5. The van der Waals surface area contributed by atoms with Crippen LogP contribution < -0.4 is 9.47 Å². The van der Waals surface area contributed by atoms with Gasteiger partial charge in [0.1, 0.15) is 6.26 Å². The van der Waals surface area contributed by atoms with E-state index in [-0.39, 0.29) is 0 Å². The maximum Gasteiger partial charge on any atom is 0.208 e. The van der Waals surface area contributed by atoms with Crippen molar-refractivity contribution in [3.8, 4) is 11.5 Å². The van der Waals surface area contributed by atoms with Gasteiger partial charge in [-0.1, -0.05) is 24.3 Å². The Labute approximate surface area is 81.4 Å². The molecule has 0 amide bonds. The van der Waals surface area contributed by atoms with Crippen molar-refractivity contribution in [3.05, 3.63) is 48.9 Å². The molecule has 2 aromatic carbocycles. The summed E-state index contributed by atoms with van der Waals surface area (Å²) in [5.41, 5.74) is 0. The molecule has 0 aromatic heterocycles. The lowest BCUT2D eigenvalue weighted by Gasteiger charge is -2.12. The Morgan fingerprint density at radius 3 is 2.43 bits per heavy atom. The van der Waals surface area contributed by atoms with Crippen LogP contribution in [0.5, 0.6) is 11.5 Å². The molecule has 14 heavy (non-hydrogen) atoms. The molecule has 67 valence electrons. The quantitative estimate of drug-likeness (QED) is 0.625. The predicted molar refractivity (Wildman–Crippen MR) is 53.0 cm³/mol. The van der Waals surface area contributed by atoms with Crippen molar-refractivity contribution in [2.45, 2.75) is 0 Å². The standard InChI is InChI=1S/C12H7O2/c1-2-4-10-8-12-11(7-9(10)3-1)13-5-6-14-12/h1-5,7-8H. The van der Waals surface area contributed by atoms with Gasteiger partial charge in [-0.25, -0.2) is 0 Å². The fourth-order valence-corrected chi connectivity index (χ4v) is 1.55. The van der Waals surface area contributed by atoms with Crippen LogP contribution in [0.25, 0.3) is 10.8 Å². The molecule has 0 N–H and O–H groups in total. The fourth-order valence-electron chi connectivity index (χ4n) is 1.55. The van der Waals surface area contributed by atoms with Gasteiger partial charge in [-0.15, -0.1) is 0 Å². The molecule has 0 atom stereocenters. The highest BCUT2D eigenvalue weighted by atomic mass is 16.5. The SMILES string of the molecule is [C]1=COc2cc3ccccc3cc2O1. The molecule has 0 bridgehead atoms. The first-order valence-electron chi connectivity index (χ1n) is 4.37. The third-order valence-corrected chi connectivity index (χ3v) is 2.21. The minimum atomic E-state index is 0.714. The van der Waals surface area contributed by atoms with Crippen LogP contribution in [-0.4, -0.2) is 0 Å². The first-order valence-corrected chi connectivity index (χ1v) is 4.37. The lowest BCUT2D eigenvalue weighted by Crippen LogP contribution is -1.96. The minimum absolute atomic E-state index is 0.714. The Morgan fingerprint density at radius 2 is 1.64 bits per heavy atom. The summed E-state index contributed by atoms with van der Waals surface area (Å²) in [5.74, 6) is 1.45. The van der Waals surface area contributed by atoms with E-state index in [1.807, 2.05) is 36.4 Å².